The van der Waals surface area contributed by atoms with Crippen LogP contribution in [0, 0.1) is 18.8 Å². The molecule has 0 spiro atoms. The van der Waals surface area contributed by atoms with Crippen LogP contribution < -0.4 is 4.74 Å². The summed E-state index contributed by atoms with van der Waals surface area (Å²) < 4.78 is 11.4. The average Bonchev–Trinajstić information content (AvgIpc) is 3.60. The smallest absolute Gasteiger partial charge is 0.137 e. The Bertz CT molecular complexity index is 2320. The number of fused-ring (bicyclic) bond motifs is 3. The van der Waals surface area contributed by atoms with Crippen LogP contribution in [0.15, 0.2) is 90.6 Å². The van der Waals surface area contributed by atoms with Gasteiger partial charge in [-0.05, 0) is 109 Å². The van der Waals surface area contributed by atoms with Gasteiger partial charge in [-0.3, -0.25) is 4.57 Å². The Kier molecular flexibility index (Phi) is 9.68. The number of nitrogens with zero attached hydrogens (tertiary/aromatic N) is 4. The predicted octanol–water partition coefficient (Wildman–Crippen LogP) is 13.1. The van der Waals surface area contributed by atoms with Crippen LogP contribution in [0.4, 0.5) is 0 Å². The number of unbranched alkanes of at least 4 members (excludes halogenated alkanes) is 1. The van der Waals surface area contributed by atoms with E-state index in [9.17, 15) is 0 Å². The summed E-state index contributed by atoms with van der Waals surface area (Å²) in [6.07, 6.45) is 8.90. The van der Waals surface area contributed by atoms with Crippen LogP contribution in [-0.2, 0) is 17.3 Å². The second-order valence-corrected chi connectivity index (χ2v) is 17.8. The van der Waals surface area contributed by atoms with E-state index < -0.39 is 0 Å². The van der Waals surface area contributed by atoms with E-state index in [4.69, 9.17) is 14.8 Å². The van der Waals surface area contributed by atoms with E-state index in [1.54, 1.807) is 0 Å². The first-order valence-electron chi connectivity index (χ1n) is 19.7. The van der Waals surface area contributed by atoms with E-state index in [2.05, 4.69) is 164 Å². The molecule has 276 valence electrons. The molecule has 0 aliphatic heterocycles. The van der Waals surface area contributed by atoms with Crippen LogP contribution in [0.5, 0.6) is 11.5 Å². The van der Waals surface area contributed by atoms with Crippen molar-refractivity contribution < 1.29 is 4.74 Å². The largest absolute Gasteiger partial charge is 0.457 e. The first-order valence-corrected chi connectivity index (χ1v) is 19.7. The minimum atomic E-state index is -0.0871. The summed E-state index contributed by atoms with van der Waals surface area (Å²) in [4.78, 5) is 4.89. The number of ether oxygens (including phenoxy) is 1. The summed E-state index contributed by atoms with van der Waals surface area (Å²) in [6.45, 7) is 25.2. The Morgan fingerprint density at radius 2 is 1.53 bits per heavy atom. The van der Waals surface area contributed by atoms with Gasteiger partial charge in [-0.1, -0.05) is 98.6 Å². The zero-order valence-corrected chi connectivity index (χ0v) is 33.8. The van der Waals surface area contributed by atoms with Crippen molar-refractivity contribution in [2.45, 2.75) is 119 Å². The predicted molar refractivity (Wildman–Crippen MR) is 222 cm³/mol. The van der Waals surface area contributed by atoms with Gasteiger partial charge >= 0.3 is 0 Å². The monoisotopic (exact) mass is 706 g/mol. The van der Waals surface area contributed by atoms with Gasteiger partial charge in [0.2, 0.25) is 0 Å². The molecule has 3 heterocycles. The molecule has 5 nitrogen and oxygen atoms in total. The summed E-state index contributed by atoms with van der Waals surface area (Å²) in [6, 6.07) is 26.1. The van der Waals surface area contributed by atoms with Gasteiger partial charge in [-0.15, -0.1) is 0 Å². The topological polar surface area (TPSA) is 44.9 Å². The third kappa shape index (κ3) is 7.07. The number of rotatable bonds is 8. The second-order valence-electron chi connectivity index (χ2n) is 17.8. The molecule has 0 fully saturated rings. The van der Waals surface area contributed by atoms with Gasteiger partial charge in [0.25, 0.3) is 0 Å². The molecule has 1 aliphatic carbocycles. The lowest BCUT2D eigenvalue weighted by molar-refractivity contribution is 0.389. The van der Waals surface area contributed by atoms with Crippen molar-refractivity contribution in [3.63, 3.8) is 0 Å². The molecule has 0 bridgehead atoms. The van der Waals surface area contributed by atoms with E-state index in [-0.39, 0.29) is 10.8 Å². The number of benzene rings is 3. The third-order valence-corrected chi connectivity index (χ3v) is 11.4. The number of pyridine rings is 1. The molecule has 0 N–H and O–H groups in total. The maximum absolute atomic E-state index is 6.89. The fourth-order valence-corrected chi connectivity index (χ4v) is 8.70. The molecule has 5 heteroatoms. The minimum absolute atomic E-state index is 0.00748. The Morgan fingerprint density at radius 3 is 2.25 bits per heavy atom. The first-order chi connectivity index (χ1) is 25.1. The van der Waals surface area contributed by atoms with Gasteiger partial charge in [0.15, 0.2) is 0 Å². The maximum Gasteiger partial charge on any atom is 0.137 e. The molecular weight excluding hydrogens is 649 g/mol. The zero-order chi connectivity index (χ0) is 37.8. The van der Waals surface area contributed by atoms with Crippen LogP contribution in [0.25, 0.3) is 33.3 Å². The van der Waals surface area contributed by atoms with Gasteiger partial charge in [0.05, 0.1) is 22.4 Å². The van der Waals surface area contributed by atoms with Crippen molar-refractivity contribution in [3.05, 3.63) is 119 Å². The summed E-state index contributed by atoms with van der Waals surface area (Å²) in [7, 11) is 0. The SMILES string of the molecule is CCCCc1c([C@H]2C(C)=C[C@H](C)C[C@@H]2C)c(C)nn1-c1cc(Oc2ccc3c4ccccc4n(-c4cc(C(C)(C)C)ccn4)c3c2)cc(C(C)(C)C)c1. The summed E-state index contributed by atoms with van der Waals surface area (Å²) in [5, 5.41) is 7.70. The fraction of sp³-hybridized carbons (Fsp3) is 0.417. The lowest BCUT2D eigenvalue weighted by Gasteiger charge is -2.32. The number of para-hydroxylation sites is 1. The molecule has 0 radical (unpaired) electrons. The number of allylic oxidation sites excluding steroid dienone is 2. The van der Waals surface area contributed by atoms with E-state index in [1.807, 2.05) is 6.20 Å². The molecule has 0 saturated heterocycles. The van der Waals surface area contributed by atoms with Crippen molar-refractivity contribution in [1.29, 1.82) is 0 Å². The van der Waals surface area contributed by atoms with Crippen LogP contribution in [0.1, 0.15) is 122 Å². The minimum Gasteiger partial charge on any atom is -0.457 e. The highest BCUT2D eigenvalue weighted by Gasteiger charge is 2.33. The van der Waals surface area contributed by atoms with Crippen molar-refractivity contribution in [2.24, 2.45) is 11.8 Å². The lowest BCUT2D eigenvalue weighted by atomic mass is 9.72. The molecule has 0 amide bonds. The van der Waals surface area contributed by atoms with Gasteiger partial charge in [-0.25, -0.2) is 9.67 Å². The highest BCUT2D eigenvalue weighted by molar-refractivity contribution is 6.09. The number of aryl methyl sites for hydroxylation is 1. The molecule has 53 heavy (non-hydrogen) atoms. The van der Waals surface area contributed by atoms with Crippen LogP contribution in [0.3, 0.4) is 0 Å². The Hall–Kier alpha value is -4.64. The quantitative estimate of drug-likeness (QED) is 0.148. The molecular formula is C48H58N4O. The third-order valence-electron chi connectivity index (χ3n) is 11.4. The summed E-state index contributed by atoms with van der Waals surface area (Å²) in [5.41, 5.74) is 11.0. The molecule has 0 unspecified atom stereocenters. The zero-order valence-electron chi connectivity index (χ0n) is 33.8. The molecule has 7 rings (SSSR count). The highest BCUT2D eigenvalue weighted by Crippen LogP contribution is 2.44. The second kappa shape index (κ2) is 14.0. The Morgan fingerprint density at radius 1 is 0.792 bits per heavy atom. The van der Waals surface area contributed by atoms with Crippen LogP contribution in [-0.4, -0.2) is 19.3 Å². The molecule has 3 aromatic carbocycles. The van der Waals surface area contributed by atoms with Gasteiger partial charge in [-0.2, -0.15) is 5.10 Å². The van der Waals surface area contributed by atoms with Gasteiger partial charge < -0.3 is 4.74 Å². The fourth-order valence-electron chi connectivity index (χ4n) is 8.70. The number of hydrogen-bond acceptors (Lipinski definition) is 3. The average molecular weight is 707 g/mol. The van der Waals surface area contributed by atoms with E-state index in [1.165, 1.54) is 45.2 Å². The maximum atomic E-state index is 6.89. The molecule has 1 aliphatic rings. The Balaban J connectivity index is 1.36. The highest BCUT2D eigenvalue weighted by atomic mass is 16.5. The van der Waals surface area contributed by atoms with Gasteiger partial charge in [0, 0.05) is 46.3 Å². The van der Waals surface area contributed by atoms with Crippen molar-refractivity contribution in [1.82, 2.24) is 19.3 Å². The normalized spacial score (nSPS) is 18.2. The molecule has 3 aromatic heterocycles. The Labute approximate surface area is 317 Å². The molecule has 6 aromatic rings. The number of hydrogen-bond donors (Lipinski definition) is 0. The van der Waals surface area contributed by atoms with Crippen molar-refractivity contribution in [2.75, 3.05) is 0 Å². The van der Waals surface area contributed by atoms with Crippen LogP contribution >= 0.6 is 0 Å². The van der Waals surface area contributed by atoms with E-state index >= 15 is 0 Å². The van der Waals surface area contributed by atoms with Crippen LogP contribution in [0.2, 0.25) is 0 Å². The molecule has 0 saturated carbocycles. The standard InChI is InChI=1S/C48H58N4O/c1-12-13-17-42-46(45-31(3)23-30(2)24-32(45)4)33(5)50-52(42)36-25-35(48(9,10)11)26-38(28-36)53-37-19-20-40-39-16-14-15-18-41(39)51(43(40)29-37)44-27-34(21-22-49-44)47(6,7)8/h14-16,18-23,25-30,32,45H,12-13,17,24H2,1-11H3/t30-,32-,45-/m0/s1. The van der Waals surface area contributed by atoms with Crippen molar-refractivity contribution in [3.8, 4) is 23.0 Å². The first kappa shape index (κ1) is 36.7. The summed E-state index contributed by atoms with van der Waals surface area (Å²) in [5.74, 6) is 4.10. The summed E-state index contributed by atoms with van der Waals surface area (Å²) >= 11 is 0. The van der Waals surface area contributed by atoms with E-state index in [0.717, 1.165) is 59.0 Å². The van der Waals surface area contributed by atoms with E-state index in [0.29, 0.717) is 17.8 Å². The number of aromatic nitrogens is 4. The molecule has 3 atom stereocenters. The van der Waals surface area contributed by atoms with Crippen molar-refractivity contribution >= 4 is 21.8 Å². The van der Waals surface area contributed by atoms with Gasteiger partial charge in [0.1, 0.15) is 17.3 Å². The lowest BCUT2D eigenvalue weighted by Crippen LogP contribution is -2.21.